The lowest BCUT2D eigenvalue weighted by Gasteiger charge is -2.17. The number of anilines is 1. The first kappa shape index (κ1) is 20.3. The number of aryl methyl sites for hydroxylation is 1. The normalized spacial score (nSPS) is 14.6. The quantitative estimate of drug-likeness (QED) is 0.651. The number of hydrogen-bond donors (Lipinski definition) is 1. The van der Waals surface area contributed by atoms with Crippen LogP contribution in [0, 0.1) is 6.92 Å². The Hall–Kier alpha value is -2.96. The number of sulfonamides is 1. The fourth-order valence-electron chi connectivity index (χ4n) is 3.73. The Morgan fingerprint density at radius 1 is 0.900 bits per heavy atom. The van der Waals surface area contributed by atoms with Gasteiger partial charge in [-0.2, -0.15) is 4.31 Å². The third-order valence-corrected chi connectivity index (χ3v) is 7.31. The zero-order valence-corrected chi connectivity index (χ0v) is 17.7. The summed E-state index contributed by atoms with van der Waals surface area (Å²) in [4.78, 5) is 13.3. The van der Waals surface area contributed by atoms with Gasteiger partial charge in [0, 0.05) is 29.9 Å². The minimum absolute atomic E-state index is 0.163. The number of nitrogens with one attached hydrogen (secondary N) is 1. The Kier molecular flexibility index (Phi) is 5.70. The molecule has 0 atom stereocenters. The van der Waals surface area contributed by atoms with Crippen LogP contribution in [0.1, 0.15) is 28.8 Å². The zero-order chi connectivity index (χ0) is 21.1. The molecule has 0 saturated carbocycles. The van der Waals surface area contributed by atoms with E-state index in [4.69, 9.17) is 0 Å². The van der Waals surface area contributed by atoms with Crippen LogP contribution in [0.3, 0.4) is 0 Å². The third kappa shape index (κ3) is 4.01. The average molecular weight is 421 g/mol. The molecule has 1 heterocycles. The molecule has 6 heteroatoms. The van der Waals surface area contributed by atoms with E-state index in [1.807, 2.05) is 61.5 Å². The van der Waals surface area contributed by atoms with E-state index in [0.717, 1.165) is 29.5 Å². The van der Waals surface area contributed by atoms with E-state index in [0.29, 0.717) is 24.3 Å². The van der Waals surface area contributed by atoms with Crippen molar-refractivity contribution < 1.29 is 13.2 Å². The molecule has 1 amide bonds. The summed E-state index contributed by atoms with van der Waals surface area (Å²) >= 11 is 0. The van der Waals surface area contributed by atoms with Crippen LogP contribution < -0.4 is 5.32 Å². The van der Waals surface area contributed by atoms with Crippen molar-refractivity contribution >= 4 is 21.6 Å². The number of carbonyl (C=O) groups excluding carboxylic acids is 1. The monoisotopic (exact) mass is 420 g/mol. The van der Waals surface area contributed by atoms with Gasteiger partial charge in [-0.1, -0.05) is 54.6 Å². The summed E-state index contributed by atoms with van der Waals surface area (Å²) in [6, 6.07) is 22.2. The second-order valence-electron chi connectivity index (χ2n) is 7.45. The van der Waals surface area contributed by atoms with Gasteiger partial charge in [0.2, 0.25) is 10.0 Å². The SMILES string of the molecule is Cc1ccc(S(=O)(=O)N2CCCC2)cc1C(=O)Nc1ccccc1-c1ccccc1. The lowest BCUT2D eigenvalue weighted by Crippen LogP contribution is -2.28. The Labute approximate surface area is 177 Å². The number of nitrogens with zero attached hydrogens (tertiary/aromatic N) is 1. The van der Waals surface area contributed by atoms with Crippen molar-refractivity contribution in [1.82, 2.24) is 4.31 Å². The van der Waals surface area contributed by atoms with Crippen LogP contribution in [-0.4, -0.2) is 31.7 Å². The highest BCUT2D eigenvalue weighted by molar-refractivity contribution is 7.89. The summed E-state index contributed by atoms with van der Waals surface area (Å²) in [5.41, 5.74) is 3.67. The number of benzene rings is 3. The maximum atomic E-state index is 13.1. The minimum atomic E-state index is -3.58. The Bertz CT molecular complexity index is 1170. The molecule has 3 aromatic rings. The van der Waals surface area contributed by atoms with Gasteiger partial charge in [-0.05, 0) is 49.1 Å². The molecule has 0 bridgehead atoms. The molecule has 5 nitrogen and oxygen atoms in total. The van der Waals surface area contributed by atoms with Gasteiger partial charge in [0.05, 0.1) is 4.90 Å². The van der Waals surface area contributed by atoms with Crippen molar-refractivity contribution in [2.24, 2.45) is 0 Å². The molecule has 154 valence electrons. The Morgan fingerprint density at radius 2 is 1.57 bits per heavy atom. The summed E-state index contributed by atoms with van der Waals surface area (Å²) in [7, 11) is -3.58. The number of para-hydroxylation sites is 1. The van der Waals surface area contributed by atoms with Gasteiger partial charge in [-0.15, -0.1) is 0 Å². The van der Waals surface area contributed by atoms with Crippen LogP contribution in [0.2, 0.25) is 0 Å². The van der Waals surface area contributed by atoms with E-state index < -0.39 is 10.0 Å². The second kappa shape index (κ2) is 8.42. The molecule has 0 aliphatic carbocycles. The zero-order valence-electron chi connectivity index (χ0n) is 16.8. The number of carbonyl (C=O) groups is 1. The molecule has 1 fully saturated rings. The van der Waals surface area contributed by atoms with Crippen molar-refractivity contribution in [3.63, 3.8) is 0 Å². The minimum Gasteiger partial charge on any atom is -0.321 e. The molecule has 3 aromatic carbocycles. The summed E-state index contributed by atoms with van der Waals surface area (Å²) < 4.78 is 27.3. The molecular formula is C24H24N2O3S. The topological polar surface area (TPSA) is 66.5 Å². The van der Waals surface area contributed by atoms with E-state index >= 15 is 0 Å². The van der Waals surface area contributed by atoms with Gasteiger partial charge in [-0.25, -0.2) is 8.42 Å². The molecule has 30 heavy (non-hydrogen) atoms. The predicted molar refractivity (Wildman–Crippen MR) is 119 cm³/mol. The van der Waals surface area contributed by atoms with Gasteiger partial charge in [0.15, 0.2) is 0 Å². The van der Waals surface area contributed by atoms with E-state index in [9.17, 15) is 13.2 Å². The lowest BCUT2D eigenvalue weighted by atomic mass is 10.0. The summed E-state index contributed by atoms with van der Waals surface area (Å²) in [6.45, 7) is 2.87. The molecule has 0 aromatic heterocycles. The number of rotatable bonds is 5. The van der Waals surface area contributed by atoms with Gasteiger partial charge in [-0.3, -0.25) is 4.79 Å². The molecule has 0 spiro atoms. The van der Waals surface area contributed by atoms with Crippen molar-refractivity contribution in [3.05, 3.63) is 83.9 Å². The highest BCUT2D eigenvalue weighted by atomic mass is 32.2. The standard InChI is InChI=1S/C24H24N2O3S/c1-18-13-14-20(30(28,29)26-15-7-8-16-26)17-22(18)24(27)25-23-12-6-5-11-21(23)19-9-3-2-4-10-19/h2-6,9-14,17H,7-8,15-16H2,1H3,(H,25,27). The van der Waals surface area contributed by atoms with Crippen LogP contribution in [0.4, 0.5) is 5.69 Å². The molecule has 4 rings (SSSR count). The fraction of sp³-hybridized carbons (Fsp3) is 0.208. The average Bonchev–Trinajstić information content (AvgIpc) is 3.31. The first-order valence-electron chi connectivity index (χ1n) is 10.0. The highest BCUT2D eigenvalue weighted by Crippen LogP contribution is 2.29. The highest BCUT2D eigenvalue weighted by Gasteiger charge is 2.28. The second-order valence-corrected chi connectivity index (χ2v) is 9.39. The molecule has 1 saturated heterocycles. The Balaban J connectivity index is 1.65. The molecule has 0 radical (unpaired) electrons. The van der Waals surface area contributed by atoms with Crippen molar-refractivity contribution in [2.45, 2.75) is 24.7 Å². The van der Waals surface area contributed by atoms with E-state index in [-0.39, 0.29) is 10.8 Å². The first-order chi connectivity index (χ1) is 14.5. The summed E-state index contributed by atoms with van der Waals surface area (Å²) in [5, 5.41) is 2.97. The maximum Gasteiger partial charge on any atom is 0.255 e. The van der Waals surface area contributed by atoms with Crippen LogP contribution in [-0.2, 0) is 10.0 Å². The molecule has 1 aliphatic heterocycles. The van der Waals surface area contributed by atoms with Gasteiger partial charge in [0.1, 0.15) is 0 Å². The van der Waals surface area contributed by atoms with E-state index in [1.54, 1.807) is 12.1 Å². The molecular weight excluding hydrogens is 396 g/mol. The Morgan fingerprint density at radius 3 is 2.30 bits per heavy atom. The van der Waals surface area contributed by atoms with E-state index in [2.05, 4.69) is 5.32 Å². The van der Waals surface area contributed by atoms with Gasteiger partial charge < -0.3 is 5.32 Å². The largest absolute Gasteiger partial charge is 0.321 e. The third-order valence-electron chi connectivity index (χ3n) is 5.42. The molecule has 1 N–H and O–H groups in total. The van der Waals surface area contributed by atoms with Crippen LogP contribution in [0.5, 0.6) is 0 Å². The van der Waals surface area contributed by atoms with Gasteiger partial charge >= 0.3 is 0 Å². The predicted octanol–water partition coefficient (Wildman–Crippen LogP) is 4.70. The lowest BCUT2D eigenvalue weighted by molar-refractivity contribution is 0.102. The summed E-state index contributed by atoms with van der Waals surface area (Å²) in [5.74, 6) is -0.325. The first-order valence-corrected chi connectivity index (χ1v) is 11.5. The van der Waals surface area contributed by atoms with Crippen LogP contribution in [0.15, 0.2) is 77.7 Å². The summed E-state index contributed by atoms with van der Waals surface area (Å²) in [6.07, 6.45) is 1.74. The van der Waals surface area contributed by atoms with Crippen molar-refractivity contribution in [2.75, 3.05) is 18.4 Å². The maximum absolute atomic E-state index is 13.1. The van der Waals surface area contributed by atoms with Crippen molar-refractivity contribution in [1.29, 1.82) is 0 Å². The van der Waals surface area contributed by atoms with Crippen LogP contribution >= 0.6 is 0 Å². The van der Waals surface area contributed by atoms with Crippen molar-refractivity contribution in [3.8, 4) is 11.1 Å². The number of amides is 1. The van der Waals surface area contributed by atoms with E-state index in [1.165, 1.54) is 10.4 Å². The molecule has 0 unspecified atom stereocenters. The van der Waals surface area contributed by atoms with Crippen LogP contribution in [0.25, 0.3) is 11.1 Å². The smallest absolute Gasteiger partial charge is 0.255 e. The van der Waals surface area contributed by atoms with Gasteiger partial charge in [0.25, 0.3) is 5.91 Å². The number of hydrogen-bond acceptors (Lipinski definition) is 3. The molecule has 1 aliphatic rings. The fourth-order valence-corrected chi connectivity index (χ4v) is 5.28.